The zero-order valence-electron chi connectivity index (χ0n) is 12.5. The van der Waals surface area contributed by atoms with Crippen molar-refractivity contribution >= 4 is 10.9 Å². The summed E-state index contributed by atoms with van der Waals surface area (Å²) in [7, 11) is 8.45. The Morgan fingerprint density at radius 3 is 2.16 bits per heavy atom. The highest BCUT2D eigenvalue weighted by molar-refractivity contribution is 5.78. The molecule has 0 amide bonds. The van der Waals surface area contributed by atoms with Crippen molar-refractivity contribution in [3.63, 3.8) is 0 Å². The average Bonchev–Trinajstić information content (AvgIpc) is 2.37. The summed E-state index contributed by atoms with van der Waals surface area (Å²) in [6.45, 7) is 2.24. The molecule has 3 heteroatoms. The first-order chi connectivity index (χ1) is 9.00. The van der Waals surface area contributed by atoms with E-state index in [1.807, 2.05) is 6.07 Å². The third kappa shape index (κ3) is 2.94. The Kier molecular flexibility index (Phi) is 4.17. The second-order valence-electron chi connectivity index (χ2n) is 5.56. The lowest BCUT2D eigenvalue weighted by molar-refractivity contribution is 0.105. The zero-order chi connectivity index (χ0) is 14.0. The Morgan fingerprint density at radius 2 is 1.53 bits per heavy atom. The minimum absolute atomic E-state index is 0.341. The third-order valence-electron chi connectivity index (χ3n) is 3.59. The van der Waals surface area contributed by atoms with Crippen LogP contribution in [0.4, 0.5) is 0 Å². The number of aromatic nitrogens is 1. The van der Waals surface area contributed by atoms with Crippen molar-refractivity contribution in [3.8, 4) is 0 Å². The van der Waals surface area contributed by atoms with Crippen LogP contribution in [-0.4, -0.2) is 49.1 Å². The highest BCUT2D eigenvalue weighted by Gasteiger charge is 2.24. The normalized spacial score (nSPS) is 13.7. The van der Waals surface area contributed by atoms with Gasteiger partial charge in [0.25, 0.3) is 0 Å². The van der Waals surface area contributed by atoms with Crippen molar-refractivity contribution in [2.24, 2.45) is 0 Å². The van der Waals surface area contributed by atoms with Gasteiger partial charge in [-0.1, -0.05) is 31.2 Å². The van der Waals surface area contributed by atoms with Gasteiger partial charge < -0.3 is 0 Å². The van der Waals surface area contributed by atoms with E-state index in [1.165, 1.54) is 5.39 Å². The topological polar surface area (TPSA) is 19.4 Å². The van der Waals surface area contributed by atoms with E-state index in [1.54, 1.807) is 0 Å². The number of likely N-dealkylation sites (N-methyl/N-ethyl adjacent to an activating group) is 2. The van der Waals surface area contributed by atoms with Gasteiger partial charge in [-0.25, -0.2) is 0 Å². The first-order valence-electron chi connectivity index (χ1n) is 6.69. The van der Waals surface area contributed by atoms with Gasteiger partial charge in [-0.2, -0.15) is 0 Å². The van der Waals surface area contributed by atoms with Crippen LogP contribution in [0.25, 0.3) is 10.9 Å². The smallest absolute Gasteiger partial charge is 0.0705 e. The Labute approximate surface area is 115 Å². The predicted octanol–water partition coefficient (Wildman–Crippen LogP) is 2.79. The first-order valence-corrected chi connectivity index (χ1v) is 6.69. The molecule has 0 bridgehead atoms. The van der Waals surface area contributed by atoms with Gasteiger partial charge in [0, 0.05) is 17.0 Å². The third-order valence-corrected chi connectivity index (χ3v) is 3.59. The summed E-state index contributed by atoms with van der Waals surface area (Å²) in [5, 5.41) is 1.20. The van der Waals surface area contributed by atoms with E-state index in [4.69, 9.17) is 4.98 Å². The van der Waals surface area contributed by atoms with E-state index in [0.29, 0.717) is 12.1 Å². The van der Waals surface area contributed by atoms with Gasteiger partial charge in [-0.05, 0) is 40.3 Å². The predicted molar refractivity (Wildman–Crippen MR) is 81.3 cm³/mol. The van der Waals surface area contributed by atoms with E-state index >= 15 is 0 Å². The number of hydrogen-bond acceptors (Lipinski definition) is 3. The van der Waals surface area contributed by atoms with E-state index < -0.39 is 0 Å². The number of fused-ring (bicyclic) bond motifs is 1. The van der Waals surface area contributed by atoms with Crippen LogP contribution in [0.3, 0.4) is 0 Å². The largest absolute Gasteiger partial charge is 0.294 e. The SMILES string of the molecule is CC(c1ccc2ccccc2n1)C(N(C)C)N(C)C. The molecule has 3 nitrogen and oxygen atoms in total. The summed E-state index contributed by atoms with van der Waals surface area (Å²) in [6.07, 6.45) is 0.341. The molecule has 0 spiro atoms. The number of hydrogen-bond donors (Lipinski definition) is 0. The zero-order valence-corrected chi connectivity index (χ0v) is 12.5. The van der Waals surface area contributed by atoms with Gasteiger partial charge in [0.1, 0.15) is 0 Å². The van der Waals surface area contributed by atoms with Gasteiger partial charge >= 0.3 is 0 Å². The Morgan fingerprint density at radius 1 is 0.895 bits per heavy atom. The number of rotatable bonds is 4. The van der Waals surface area contributed by atoms with Gasteiger partial charge in [0.15, 0.2) is 0 Å². The Bertz CT molecular complexity index is 540. The molecular weight excluding hydrogens is 234 g/mol. The van der Waals surface area contributed by atoms with Gasteiger partial charge in [-0.3, -0.25) is 14.8 Å². The lowest BCUT2D eigenvalue weighted by Gasteiger charge is -2.35. The summed E-state index contributed by atoms with van der Waals surface area (Å²) in [5.74, 6) is 0.356. The summed E-state index contributed by atoms with van der Waals surface area (Å²) in [5.41, 5.74) is 2.22. The molecule has 2 rings (SSSR count). The fourth-order valence-corrected chi connectivity index (χ4v) is 2.84. The maximum Gasteiger partial charge on any atom is 0.0705 e. The van der Waals surface area contributed by atoms with Crippen LogP contribution in [0.1, 0.15) is 18.5 Å². The van der Waals surface area contributed by atoms with Crippen LogP contribution >= 0.6 is 0 Å². The summed E-state index contributed by atoms with van der Waals surface area (Å²) in [4.78, 5) is 9.28. The second-order valence-corrected chi connectivity index (χ2v) is 5.56. The number of pyridine rings is 1. The molecule has 0 saturated heterocycles. The number of nitrogens with zero attached hydrogens (tertiary/aromatic N) is 3. The van der Waals surface area contributed by atoms with E-state index in [9.17, 15) is 0 Å². The second kappa shape index (κ2) is 5.68. The molecule has 1 atom stereocenters. The maximum atomic E-state index is 4.81. The van der Waals surface area contributed by atoms with Gasteiger partial charge in [0.2, 0.25) is 0 Å². The van der Waals surface area contributed by atoms with E-state index in [0.717, 1.165) is 11.2 Å². The molecule has 2 aromatic rings. The molecule has 0 fully saturated rings. The highest BCUT2D eigenvalue weighted by atomic mass is 15.3. The molecule has 0 aliphatic heterocycles. The summed E-state index contributed by atoms with van der Waals surface area (Å²) in [6, 6.07) is 12.6. The van der Waals surface area contributed by atoms with E-state index in [-0.39, 0.29) is 0 Å². The summed E-state index contributed by atoms with van der Waals surface area (Å²) >= 11 is 0. The standard InChI is InChI=1S/C16H23N3/c1-12(16(18(2)3)19(4)5)14-11-10-13-8-6-7-9-15(13)17-14/h6-12,16H,1-5H3. The molecule has 1 unspecified atom stereocenters. The fraction of sp³-hybridized carbons (Fsp3) is 0.438. The minimum atomic E-state index is 0.341. The van der Waals surface area contributed by atoms with E-state index in [2.05, 4.69) is 75.2 Å². The van der Waals surface area contributed by atoms with Crippen LogP contribution in [-0.2, 0) is 0 Å². The fourth-order valence-electron chi connectivity index (χ4n) is 2.84. The molecule has 1 aromatic heterocycles. The number of para-hydroxylation sites is 1. The lowest BCUT2D eigenvalue weighted by Crippen LogP contribution is -2.44. The van der Waals surface area contributed by atoms with Crippen molar-refractivity contribution in [2.45, 2.75) is 19.0 Å². The maximum absolute atomic E-state index is 4.81. The average molecular weight is 257 g/mol. The van der Waals surface area contributed by atoms with Crippen LogP contribution in [0.2, 0.25) is 0 Å². The molecule has 0 aliphatic rings. The molecule has 102 valence electrons. The molecule has 0 N–H and O–H groups in total. The molecule has 1 heterocycles. The highest BCUT2D eigenvalue weighted by Crippen LogP contribution is 2.23. The van der Waals surface area contributed by atoms with Crippen LogP contribution in [0.15, 0.2) is 36.4 Å². The van der Waals surface area contributed by atoms with Crippen LogP contribution in [0, 0.1) is 0 Å². The van der Waals surface area contributed by atoms with Crippen LogP contribution in [0.5, 0.6) is 0 Å². The van der Waals surface area contributed by atoms with Crippen LogP contribution < -0.4 is 0 Å². The molecule has 19 heavy (non-hydrogen) atoms. The molecule has 0 saturated carbocycles. The van der Waals surface area contributed by atoms with Crippen molar-refractivity contribution in [2.75, 3.05) is 28.2 Å². The van der Waals surface area contributed by atoms with Crippen molar-refractivity contribution in [1.29, 1.82) is 0 Å². The number of benzene rings is 1. The minimum Gasteiger partial charge on any atom is -0.294 e. The Balaban J connectivity index is 2.37. The molecular formula is C16H23N3. The molecule has 1 aromatic carbocycles. The van der Waals surface area contributed by atoms with Crippen molar-refractivity contribution in [3.05, 3.63) is 42.1 Å². The van der Waals surface area contributed by atoms with Crippen molar-refractivity contribution in [1.82, 2.24) is 14.8 Å². The Hall–Kier alpha value is -1.45. The monoisotopic (exact) mass is 257 g/mol. The molecule has 0 radical (unpaired) electrons. The lowest BCUT2D eigenvalue weighted by atomic mass is 10.0. The molecule has 0 aliphatic carbocycles. The quantitative estimate of drug-likeness (QED) is 0.785. The van der Waals surface area contributed by atoms with Gasteiger partial charge in [0.05, 0.1) is 11.7 Å². The van der Waals surface area contributed by atoms with Crippen molar-refractivity contribution < 1.29 is 0 Å². The van der Waals surface area contributed by atoms with Gasteiger partial charge in [-0.15, -0.1) is 0 Å². The summed E-state index contributed by atoms with van der Waals surface area (Å²) < 4.78 is 0. The first kappa shape index (κ1) is 14.0.